The fraction of sp³-hybridized carbons (Fsp3) is 0.545. The Balaban J connectivity index is 1.77. The molecule has 0 bridgehead atoms. The molecule has 1 aromatic rings. The maximum atomic E-state index is 12.2. The van der Waals surface area contributed by atoms with Gasteiger partial charge >= 0.3 is 0 Å². The van der Waals surface area contributed by atoms with Crippen molar-refractivity contribution in [1.82, 2.24) is 14.9 Å². The van der Waals surface area contributed by atoms with E-state index in [2.05, 4.69) is 15.3 Å². The Hall–Kier alpha value is -1.50. The van der Waals surface area contributed by atoms with Gasteiger partial charge in [0.1, 0.15) is 6.04 Å². The van der Waals surface area contributed by atoms with Crippen LogP contribution in [0.4, 0.5) is 5.95 Å². The van der Waals surface area contributed by atoms with E-state index in [1.165, 1.54) is 0 Å². The second-order valence-corrected chi connectivity index (χ2v) is 6.19. The normalized spacial score (nSPS) is 30.6. The summed E-state index contributed by atoms with van der Waals surface area (Å²) in [6.45, 7) is 2.03. The Bertz CT molecular complexity index is 489. The van der Waals surface area contributed by atoms with Crippen molar-refractivity contribution in [3.63, 3.8) is 0 Å². The van der Waals surface area contributed by atoms with Gasteiger partial charge in [0.05, 0.1) is 4.87 Å². The number of anilines is 1. The van der Waals surface area contributed by atoms with E-state index in [0.717, 1.165) is 6.42 Å². The van der Waals surface area contributed by atoms with Crippen molar-refractivity contribution in [1.29, 1.82) is 0 Å². The Morgan fingerprint density at radius 1 is 1.72 bits per heavy atom. The highest BCUT2D eigenvalue weighted by atomic mass is 32.2. The number of carbonyl (C=O) groups excluding carboxylic acids is 2. The maximum absolute atomic E-state index is 12.2. The third-order valence-corrected chi connectivity index (χ3v) is 4.99. The van der Waals surface area contributed by atoms with Crippen molar-refractivity contribution >= 4 is 29.5 Å². The highest BCUT2D eigenvalue weighted by molar-refractivity contribution is 8.01. The molecule has 6 nitrogen and oxygen atoms in total. The molecule has 2 aliphatic heterocycles. The van der Waals surface area contributed by atoms with Crippen LogP contribution < -0.4 is 5.32 Å². The second kappa shape index (κ2) is 4.01. The molecule has 7 heteroatoms. The van der Waals surface area contributed by atoms with Gasteiger partial charge < -0.3 is 9.88 Å². The van der Waals surface area contributed by atoms with Gasteiger partial charge in [0, 0.05) is 24.6 Å². The predicted molar refractivity (Wildman–Crippen MR) is 67.9 cm³/mol. The molecule has 96 valence electrons. The van der Waals surface area contributed by atoms with Gasteiger partial charge in [0.25, 0.3) is 0 Å². The van der Waals surface area contributed by atoms with Gasteiger partial charge in [-0.3, -0.25) is 14.9 Å². The first-order valence-corrected chi connectivity index (χ1v) is 6.85. The largest absolute Gasteiger partial charge is 0.331 e. The van der Waals surface area contributed by atoms with Crippen LogP contribution in [-0.2, 0) is 9.59 Å². The summed E-state index contributed by atoms with van der Waals surface area (Å²) >= 11 is 1.68. The predicted octanol–water partition coefficient (Wildman–Crippen LogP) is 0.802. The lowest BCUT2D eigenvalue weighted by Gasteiger charge is -2.29. The Labute approximate surface area is 109 Å². The summed E-state index contributed by atoms with van der Waals surface area (Å²) in [5, 5.41) is 2.70. The van der Waals surface area contributed by atoms with Crippen LogP contribution in [0, 0.1) is 0 Å². The van der Waals surface area contributed by atoms with Gasteiger partial charge in [0.15, 0.2) is 0 Å². The summed E-state index contributed by atoms with van der Waals surface area (Å²) in [4.78, 5) is 32.3. The molecule has 2 unspecified atom stereocenters. The zero-order valence-electron chi connectivity index (χ0n) is 9.97. The number of hydrogen-bond acceptors (Lipinski definition) is 4. The van der Waals surface area contributed by atoms with E-state index in [1.807, 2.05) is 6.92 Å². The summed E-state index contributed by atoms with van der Waals surface area (Å²) in [7, 11) is 0. The number of H-pyrrole nitrogens is 1. The monoisotopic (exact) mass is 266 g/mol. The molecule has 0 spiro atoms. The van der Waals surface area contributed by atoms with Crippen molar-refractivity contribution in [2.45, 2.75) is 30.7 Å². The number of hydrogen-bond donors (Lipinski definition) is 2. The fourth-order valence-corrected chi connectivity index (χ4v) is 3.98. The molecule has 1 aromatic heterocycles. The number of rotatable bonds is 2. The van der Waals surface area contributed by atoms with Crippen LogP contribution in [0.3, 0.4) is 0 Å². The molecule has 2 N–H and O–H groups in total. The second-order valence-electron chi connectivity index (χ2n) is 4.69. The minimum atomic E-state index is -0.389. The Morgan fingerprint density at radius 2 is 2.56 bits per heavy atom. The van der Waals surface area contributed by atoms with Crippen LogP contribution in [0.25, 0.3) is 0 Å². The third kappa shape index (κ3) is 1.69. The molecule has 0 aromatic carbocycles. The van der Waals surface area contributed by atoms with E-state index in [9.17, 15) is 9.59 Å². The van der Waals surface area contributed by atoms with Crippen LogP contribution in [-0.4, -0.2) is 43.3 Å². The van der Waals surface area contributed by atoms with E-state index in [4.69, 9.17) is 0 Å². The average Bonchev–Trinajstić information content (AvgIpc) is 2.99. The number of aromatic amines is 1. The molecular weight excluding hydrogens is 252 g/mol. The topological polar surface area (TPSA) is 78.1 Å². The van der Waals surface area contributed by atoms with Gasteiger partial charge in [-0.15, -0.1) is 11.8 Å². The molecule has 0 aliphatic carbocycles. The standard InChI is InChI=1S/C11H14N4O2S/c1-11-3-2-8(16)15(11)7(6-18-11)9(17)14-10-12-4-5-13-10/h4-5,7H,2-3,6H2,1H3,(H2,12,13,14,17). The number of carbonyl (C=O) groups is 2. The Kier molecular flexibility index (Phi) is 2.58. The molecule has 2 saturated heterocycles. The lowest BCUT2D eigenvalue weighted by molar-refractivity contribution is -0.135. The first-order chi connectivity index (χ1) is 8.60. The summed E-state index contributed by atoms with van der Waals surface area (Å²) < 4.78 is 0. The van der Waals surface area contributed by atoms with Gasteiger partial charge in [-0.2, -0.15) is 0 Å². The molecule has 2 amide bonds. The minimum Gasteiger partial charge on any atom is -0.331 e. The summed E-state index contributed by atoms with van der Waals surface area (Å²) in [6.07, 6.45) is 4.57. The van der Waals surface area contributed by atoms with Crippen molar-refractivity contribution in [3.8, 4) is 0 Å². The average molecular weight is 266 g/mol. The van der Waals surface area contributed by atoms with E-state index in [1.54, 1.807) is 29.1 Å². The lowest BCUT2D eigenvalue weighted by atomic mass is 10.2. The molecule has 2 aliphatic rings. The molecule has 0 saturated carbocycles. The van der Waals surface area contributed by atoms with Crippen LogP contribution in [0.1, 0.15) is 19.8 Å². The zero-order valence-corrected chi connectivity index (χ0v) is 10.8. The van der Waals surface area contributed by atoms with Crippen molar-refractivity contribution in [3.05, 3.63) is 12.4 Å². The van der Waals surface area contributed by atoms with Crippen molar-refractivity contribution in [2.75, 3.05) is 11.1 Å². The summed E-state index contributed by atoms with van der Waals surface area (Å²) in [5.74, 6) is 0.971. The Morgan fingerprint density at radius 3 is 3.28 bits per heavy atom. The highest BCUT2D eigenvalue weighted by Gasteiger charge is 2.52. The fourth-order valence-electron chi connectivity index (χ4n) is 2.55. The van der Waals surface area contributed by atoms with Gasteiger partial charge in [0.2, 0.25) is 17.8 Å². The first-order valence-electron chi connectivity index (χ1n) is 5.86. The van der Waals surface area contributed by atoms with E-state index in [-0.39, 0.29) is 22.7 Å². The summed E-state index contributed by atoms with van der Waals surface area (Å²) in [5.41, 5.74) is 0. The van der Waals surface area contributed by atoms with Crippen molar-refractivity contribution < 1.29 is 9.59 Å². The van der Waals surface area contributed by atoms with Gasteiger partial charge in [-0.1, -0.05) is 0 Å². The lowest BCUT2D eigenvalue weighted by Crippen LogP contribution is -2.48. The van der Waals surface area contributed by atoms with Crippen LogP contribution in [0.15, 0.2) is 12.4 Å². The third-order valence-electron chi connectivity index (χ3n) is 3.49. The molecule has 18 heavy (non-hydrogen) atoms. The van der Waals surface area contributed by atoms with Crippen LogP contribution in [0.5, 0.6) is 0 Å². The van der Waals surface area contributed by atoms with Gasteiger partial charge in [-0.25, -0.2) is 4.98 Å². The number of nitrogens with zero attached hydrogens (tertiary/aromatic N) is 2. The van der Waals surface area contributed by atoms with E-state index < -0.39 is 0 Å². The smallest absolute Gasteiger partial charge is 0.250 e. The quantitative estimate of drug-likeness (QED) is 0.830. The van der Waals surface area contributed by atoms with E-state index in [0.29, 0.717) is 18.1 Å². The number of imidazole rings is 1. The van der Waals surface area contributed by atoms with E-state index >= 15 is 0 Å². The number of thioether (sulfide) groups is 1. The molecule has 3 rings (SSSR count). The van der Waals surface area contributed by atoms with Crippen LogP contribution >= 0.6 is 11.8 Å². The molecule has 2 fully saturated rings. The first kappa shape index (κ1) is 11.6. The number of amides is 2. The number of aromatic nitrogens is 2. The summed E-state index contributed by atoms with van der Waals surface area (Å²) in [6, 6.07) is -0.389. The SMILES string of the molecule is CC12CCC(=O)N1C(C(=O)Nc1ncc[nH]1)CS2. The minimum absolute atomic E-state index is 0.0714. The molecule has 0 radical (unpaired) electrons. The molecule has 2 atom stereocenters. The molecular formula is C11H14N4O2S. The number of nitrogens with one attached hydrogen (secondary N) is 2. The highest BCUT2D eigenvalue weighted by Crippen LogP contribution is 2.47. The van der Waals surface area contributed by atoms with Gasteiger partial charge in [-0.05, 0) is 13.3 Å². The van der Waals surface area contributed by atoms with Crippen molar-refractivity contribution in [2.24, 2.45) is 0 Å². The maximum Gasteiger partial charge on any atom is 0.250 e. The van der Waals surface area contributed by atoms with Crippen LogP contribution in [0.2, 0.25) is 0 Å². The zero-order chi connectivity index (χ0) is 12.8. The number of fused-ring (bicyclic) bond motifs is 1. The molecule has 3 heterocycles.